The van der Waals surface area contributed by atoms with Crippen molar-refractivity contribution in [3.63, 3.8) is 0 Å². The molecule has 1 heterocycles. The molecule has 3 rings (SSSR count). The van der Waals surface area contributed by atoms with E-state index in [2.05, 4.69) is 0 Å². The molecular weight excluding hydrogens is 333 g/mol. The first-order chi connectivity index (χ1) is 12.5. The molecule has 0 aliphatic carbocycles. The smallest absolute Gasteiger partial charge is 0.278 e. The molecule has 0 unspecified atom stereocenters. The number of methoxy groups -OCH3 is 1. The van der Waals surface area contributed by atoms with Crippen molar-refractivity contribution in [1.29, 1.82) is 0 Å². The number of halogens is 1. The molecule has 5 nitrogen and oxygen atoms in total. The summed E-state index contributed by atoms with van der Waals surface area (Å²) in [6, 6.07) is 15.5. The Kier molecular flexibility index (Phi) is 4.93. The SMILES string of the molecule is COc1ccc(CN(C)c2cccn(-c3ccc(N)c(F)c3)c2=O)cc1. The average Bonchev–Trinajstić information content (AvgIpc) is 2.65. The van der Waals surface area contributed by atoms with Crippen molar-refractivity contribution >= 4 is 11.4 Å². The lowest BCUT2D eigenvalue weighted by atomic mass is 10.2. The summed E-state index contributed by atoms with van der Waals surface area (Å²) in [5.74, 6) is 0.232. The van der Waals surface area contributed by atoms with Gasteiger partial charge in [-0.05, 0) is 42.0 Å². The number of hydrogen-bond donors (Lipinski definition) is 1. The lowest BCUT2D eigenvalue weighted by Gasteiger charge is -2.20. The Bertz CT molecular complexity index is 968. The number of nitrogen functional groups attached to an aromatic ring is 1. The van der Waals surface area contributed by atoms with Gasteiger partial charge in [0.1, 0.15) is 17.3 Å². The maximum Gasteiger partial charge on any atom is 0.278 e. The third kappa shape index (κ3) is 3.54. The molecule has 6 heteroatoms. The molecule has 0 amide bonds. The quantitative estimate of drug-likeness (QED) is 0.716. The third-order valence-corrected chi connectivity index (χ3v) is 4.18. The fourth-order valence-corrected chi connectivity index (χ4v) is 2.73. The second-order valence-corrected chi connectivity index (χ2v) is 5.98. The molecule has 0 aliphatic rings. The zero-order valence-corrected chi connectivity index (χ0v) is 14.6. The molecule has 0 saturated carbocycles. The largest absolute Gasteiger partial charge is 0.497 e. The van der Waals surface area contributed by atoms with E-state index in [1.807, 2.05) is 36.2 Å². The van der Waals surface area contributed by atoms with E-state index in [4.69, 9.17) is 10.5 Å². The maximum absolute atomic E-state index is 13.7. The van der Waals surface area contributed by atoms with Crippen molar-refractivity contribution in [2.75, 3.05) is 24.8 Å². The number of anilines is 2. The van der Waals surface area contributed by atoms with Crippen LogP contribution in [0.4, 0.5) is 15.8 Å². The molecule has 0 radical (unpaired) electrons. The van der Waals surface area contributed by atoms with Gasteiger partial charge in [0.15, 0.2) is 0 Å². The fourth-order valence-electron chi connectivity index (χ4n) is 2.73. The molecule has 1 aromatic heterocycles. The van der Waals surface area contributed by atoms with Crippen molar-refractivity contribution in [1.82, 2.24) is 4.57 Å². The number of rotatable bonds is 5. The first kappa shape index (κ1) is 17.5. The van der Waals surface area contributed by atoms with E-state index in [1.54, 1.807) is 31.5 Å². The summed E-state index contributed by atoms with van der Waals surface area (Å²) in [7, 11) is 3.46. The van der Waals surface area contributed by atoms with E-state index in [1.165, 1.54) is 16.7 Å². The van der Waals surface area contributed by atoms with Gasteiger partial charge >= 0.3 is 0 Å². The summed E-state index contributed by atoms with van der Waals surface area (Å²) in [6.45, 7) is 0.555. The number of ether oxygens (including phenoxy) is 1. The summed E-state index contributed by atoms with van der Waals surface area (Å²) < 4.78 is 20.3. The number of hydrogen-bond acceptors (Lipinski definition) is 4. The van der Waals surface area contributed by atoms with Gasteiger partial charge in [0.05, 0.1) is 18.5 Å². The topological polar surface area (TPSA) is 60.5 Å². The lowest BCUT2D eigenvalue weighted by molar-refractivity contribution is 0.414. The highest BCUT2D eigenvalue weighted by Gasteiger charge is 2.11. The van der Waals surface area contributed by atoms with Crippen molar-refractivity contribution in [3.8, 4) is 11.4 Å². The molecular formula is C20H20FN3O2. The average molecular weight is 353 g/mol. The molecule has 2 aromatic carbocycles. The van der Waals surface area contributed by atoms with Gasteiger partial charge in [0, 0.05) is 25.9 Å². The van der Waals surface area contributed by atoms with Gasteiger partial charge in [-0.1, -0.05) is 12.1 Å². The van der Waals surface area contributed by atoms with Crippen LogP contribution in [0.1, 0.15) is 5.56 Å². The van der Waals surface area contributed by atoms with Gasteiger partial charge in [0.2, 0.25) is 0 Å². The molecule has 0 saturated heterocycles. The summed E-state index contributed by atoms with van der Waals surface area (Å²) in [5.41, 5.74) is 7.32. The number of aromatic nitrogens is 1. The number of pyridine rings is 1. The summed E-state index contributed by atoms with van der Waals surface area (Å²) in [5, 5.41) is 0. The van der Waals surface area contributed by atoms with Gasteiger partial charge < -0.3 is 15.4 Å². The van der Waals surface area contributed by atoms with E-state index < -0.39 is 5.82 Å². The van der Waals surface area contributed by atoms with Crippen molar-refractivity contribution in [2.45, 2.75) is 6.54 Å². The Morgan fingerprint density at radius 2 is 1.88 bits per heavy atom. The van der Waals surface area contributed by atoms with E-state index in [-0.39, 0.29) is 11.2 Å². The third-order valence-electron chi connectivity index (χ3n) is 4.18. The molecule has 26 heavy (non-hydrogen) atoms. The van der Waals surface area contributed by atoms with Crippen LogP contribution >= 0.6 is 0 Å². The van der Waals surface area contributed by atoms with E-state index in [0.717, 1.165) is 11.3 Å². The fraction of sp³-hybridized carbons (Fsp3) is 0.150. The van der Waals surface area contributed by atoms with E-state index in [9.17, 15) is 9.18 Å². The highest BCUT2D eigenvalue weighted by molar-refractivity contribution is 5.50. The summed E-state index contributed by atoms with van der Waals surface area (Å²) in [6.07, 6.45) is 1.61. The minimum atomic E-state index is -0.550. The normalized spacial score (nSPS) is 10.6. The van der Waals surface area contributed by atoms with Gasteiger partial charge in [-0.2, -0.15) is 0 Å². The Hall–Kier alpha value is -3.28. The second-order valence-electron chi connectivity index (χ2n) is 5.98. The summed E-state index contributed by atoms with van der Waals surface area (Å²) in [4.78, 5) is 14.7. The van der Waals surface area contributed by atoms with Gasteiger partial charge in [-0.25, -0.2) is 4.39 Å². The van der Waals surface area contributed by atoms with E-state index in [0.29, 0.717) is 17.9 Å². The predicted molar refractivity (Wildman–Crippen MR) is 102 cm³/mol. The van der Waals surface area contributed by atoms with Crippen LogP contribution in [0.5, 0.6) is 5.75 Å². The lowest BCUT2D eigenvalue weighted by Crippen LogP contribution is -2.28. The molecule has 0 aliphatic heterocycles. The number of benzene rings is 2. The van der Waals surface area contributed by atoms with Crippen molar-refractivity contribution in [3.05, 3.63) is 82.5 Å². The Labute approximate surface area is 151 Å². The van der Waals surface area contributed by atoms with Crippen LogP contribution in [0.2, 0.25) is 0 Å². The molecule has 0 bridgehead atoms. The molecule has 0 spiro atoms. The highest BCUT2D eigenvalue weighted by atomic mass is 19.1. The van der Waals surface area contributed by atoms with Crippen molar-refractivity contribution < 1.29 is 9.13 Å². The van der Waals surface area contributed by atoms with Crippen LogP contribution < -0.4 is 20.9 Å². The molecule has 134 valence electrons. The van der Waals surface area contributed by atoms with Gasteiger partial charge in [-0.15, -0.1) is 0 Å². The van der Waals surface area contributed by atoms with Crippen LogP contribution in [0.15, 0.2) is 65.6 Å². The Morgan fingerprint density at radius 1 is 1.15 bits per heavy atom. The Balaban J connectivity index is 1.90. The monoisotopic (exact) mass is 353 g/mol. The molecule has 0 fully saturated rings. The zero-order valence-electron chi connectivity index (χ0n) is 14.6. The summed E-state index contributed by atoms with van der Waals surface area (Å²) >= 11 is 0. The van der Waals surface area contributed by atoms with Crippen LogP contribution in [0.25, 0.3) is 5.69 Å². The standard InChI is InChI=1S/C20H20FN3O2/c1-23(13-14-5-8-16(26-2)9-6-14)19-4-3-11-24(20(19)25)15-7-10-18(22)17(21)12-15/h3-12H,13,22H2,1-2H3. The van der Waals surface area contributed by atoms with Crippen LogP contribution in [0, 0.1) is 5.82 Å². The minimum Gasteiger partial charge on any atom is -0.497 e. The first-order valence-corrected chi connectivity index (χ1v) is 8.10. The van der Waals surface area contributed by atoms with E-state index >= 15 is 0 Å². The number of nitrogens with two attached hydrogens (primary N) is 1. The maximum atomic E-state index is 13.7. The minimum absolute atomic E-state index is 0.0505. The molecule has 3 aromatic rings. The first-order valence-electron chi connectivity index (χ1n) is 8.10. The molecule has 2 N–H and O–H groups in total. The zero-order chi connectivity index (χ0) is 18.7. The van der Waals surface area contributed by atoms with Crippen LogP contribution in [-0.2, 0) is 6.54 Å². The van der Waals surface area contributed by atoms with Crippen LogP contribution in [0.3, 0.4) is 0 Å². The highest BCUT2D eigenvalue weighted by Crippen LogP contribution is 2.17. The van der Waals surface area contributed by atoms with Gasteiger partial charge in [-0.3, -0.25) is 9.36 Å². The molecule has 0 atom stereocenters. The van der Waals surface area contributed by atoms with Crippen LogP contribution in [-0.4, -0.2) is 18.7 Å². The Morgan fingerprint density at radius 3 is 2.54 bits per heavy atom. The predicted octanol–water partition coefficient (Wildman–Crippen LogP) is 3.20. The van der Waals surface area contributed by atoms with Gasteiger partial charge in [0.25, 0.3) is 5.56 Å². The van der Waals surface area contributed by atoms with Crippen molar-refractivity contribution in [2.24, 2.45) is 0 Å². The number of nitrogens with zero attached hydrogens (tertiary/aromatic N) is 2. The second kappa shape index (κ2) is 7.31.